The fourth-order valence-corrected chi connectivity index (χ4v) is 2.16. The number of aldehydes is 1. The van der Waals surface area contributed by atoms with E-state index in [0.717, 1.165) is 16.4 Å². The van der Waals surface area contributed by atoms with Crippen molar-refractivity contribution in [3.63, 3.8) is 0 Å². The lowest BCUT2D eigenvalue weighted by Crippen LogP contribution is -1.87. The van der Waals surface area contributed by atoms with Gasteiger partial charge in [-0.15, -0.1) is 0 Å². The van der Waals surface area contributed by atoms with E-state index in [4.69, 9.17) is 5.73 Å². The van der Waals surface area contributed by atoms with Crippen LogP contribution in [0.2, 0.25) is 0 Å². The molecule has 0 radical (unpaired) electrons. The topological polar surface area (TPSA) is 63.3 Å². The third-order valence-corrected chi connectivity index (χ3v) is 2.69. The van der Waals surface area contributed by atoms with Gasteiger partial charge in [-0.2, -0.15) is 0 Å². The van der Waals surface area contributed by atoms with Crippen LogP contribution in [0.1, 0.15) is 10.4 Å². The van der Waals surface area contributed by atoms with Crippen LogP contribution in [0, 0.1) is 0 Å². The van der Waals surface area contributed by atoms with Gasteiger partial charge in [-0.1, -0.05) is 11.3 Å². The second-order valence-electron chi connectivity index (χ2n) is 2.72. The lowest BCUT2D eigenvalue weighted by atomic mass is 10.1. The Morgan fingerprint density at radius 3 is 2.85 bits per heavy atom. The molecule has 0 saturated heterocycles. The Labute approximate surface area is 78.4 Å². The molecule has 0 unspecified atom stereocenters. The van der Waals surface area contributed by atoms with Crippen LogP contribution in [-0.2, 0) is 0 Å². The third-order valence-electron chi connectivity index (χ3n) is 1.81. The first-order valence-corrected chi connectivity index (χ1v) is 4.49. The van der Waals surface area contributed by atoms with Crippen molar-refractivity contribution in [3.05, 3.63) is 23.8 Å². The van der Waals surface area contributed by atoms with Crippen molar-refractivity contribution in [2.45, 2.75) is 0 Å². The predicted octanol–water partition coefficient (Wildman–Crippen LogP) is 2.00. The molecule has 3 nitrogen and oxygen atoms in total. The predicted molar refractivity (Wildman–Crippen MR) is 53.3 cm³/mol. The molecular formula is C9H7NO2S. The number of nitrogen functional groups attached to an aromatic ring is 1. The molecule has 2 rings (SSSR count). The van der Waals surface area contributed by atoms with Gasteiger partial charge in [-0.3, -0.25) is 4.79 Å². The van der Waals surface area contributed by atoms with Crippen molar-refractivity contribution in [1.82, 2.24) is 0 Å². The Kier molecular flexibility index (Phi) is 1.70. The molecular weight excluding hydrogens is 186 g/mol. The Bertz CT molecular complexity index is 476. The van der Waals surface area contributed by atoms with Crippen LogP contribution in [0.5, 0.6) is 5.06 Å². The van der Waals surface area contributed by atoms with Gasteiger partial charge >= 0.3 is 0 Å². The van der Waals surface area contributed by atoms with Crippen LogP contribution in [0.25, 0.3) is 10.1 Å². The highest BCUT2D eigenvalue weighted by Gasteiger charge is 2.05. The molecule has 0 atom stereocenters. The van der Waals surface area contributed by atoms with E-state index in [9.17, 15) is 9.90 Å². The Morgan fingerprint density at radius 2 is 2.15 bits per heavy atom. The van der Waals surface area contributed by atoms with Crippen LogP contribution < -0.4 is 5.73 Å². The highest BCUT2D eigenvalue weighted by Crippen LogP contribution is 2.33. The molecule has 0 aliphatic heterocycles. The second-order valence-corrected chi connectivity index (χ2v) is 3.79. The summed E-state index contributed by atoms with van der Waals surface area (Å²) in [6.45, 7) is 0. The lowest BCUT2D eigenvalue weighted by molar-refractivity contribution is 0.112. The van der Waals surface area contributed by atoms with Gasteiger partial charge in [0, 0.05) is 27.4 Å². The molecule has 0 aliphatic rings. The van der Waals surface area contributed by atoms with E-state index in [2.05, 4.69) is 0 Å². The van der Waals surface area contributed by atoms with Gasteiger partial charge in [0.05, 0.1) is 0 Å². The van der Waals surface area contributed by atoms with Gasteiger partial charge in [0.2, 0.25) is 0 Å². The van der Waals surface area contributed by atoms with Gasteiger partial charge < -0.3 is 10.8 Å². The maximum atomic E-state index is 10.6. The number of carbonyl (C=O) groups excluding carboxylic acids is 1. The summed E-state index contributed by atoms with van der Waals surface area (Å²) in [4.78, 5) is 10.6. The number of aromatic hydroxyl groups is 1. The number of rotatable bonds is 1. The molecule has 4 heteroatoms. The van der Waals surface area contributed by atoms with Crippen molar-refractivity contribution in [2.24, 2.45) is 0 Å². The van der Waals surface area contributed by atoms with Gasteiger partial charge in [0.1, 0.15) is 0 Å². The minimum atomic E-state index is 0.198. The van der Waals surface area contributed by atoms with Gasteiger partial charge in [-0.05, 0) is 12.1 Å². The summed E-state index contributed by atoms with van der Waals surface area (Å²) < 4.78 is 0.833. The monoisotopic (exact) mass is 193 g/mol. The summed E-state index contributed by atoms with van der Waals surface area (Å²) in [7, 11) is 0. The zero-order valence-corrected chi connectivity index (χ0v) is 7.47. The number of benzene rings is 1. The summed E-state index contributed by atoms with van der Waals surface area (Å²) in [5.41, 5.74) is 6.63. The molecule has 0 fully saturated rings. The van der Waals surface area contributed by atoms with Gasteiger partial charge in [0.15, 0.2) is 11.3 Å². The van der Waals surface area contributed by atoms with Gasteiger partial charge in [-0.25, -0.2) is 0 Å². The molecule has 0 bridgehead atoms. The van der Waals surface area contributed by atoms with Crippen molar-refractivity contribution >= 4 is 33.4 Å². The minimum absolute atomic E-state index is 0.198. The van der Waals surface area contributed by atoms with Crippen molar-refractivity contribution in [2.75, 3.05) is 5.73 Å². The van der Waals surface area contributed by atoms with E-state index in [0.29, 0.717) is 11.3 Å². The zero-order chi connectivity index (χ0) is 9.42. The number of anilines is 1. The summed E-state index contributed by atoms with van der Waals surface area (Å²) in [5, 5.41) is 10.2. The highest BCUT2D eigenvalue weighted by atomic mass is 32.1. The maximum absolute atomic E-state index is 10.6. The van der Waals surface area contributed by atoms with Crippen LogP contribution in [0.4, 0.5) is 5.69 Å². The van der Waals surface area contributed by atoms with E-state index in [1.54, 1.807) is 18.2 Å². The molecule has 0 spiro atoms. The van der Waals surface area contributed by atoms with Crippen molar-refractivity contribution in [1.29, 1.82) is 0 Å². The number of hydrogen-bond donors (Lipinski definition) is 2. The molecule has 0 amide bonds. The Morgan fingerprint density at radius 1 is 1.38 bits per heavy atom. The molecule has 3 N–H and O–H groups in total. The van der Waals surface area contributed by atoms with Crippen LogP contribution >= 0.6 is 11.3 Å². The second kappa shape index (κ2) is 2.74. The highest BCUT2D eigenvalue weighted by molar-refractivity contribution is 7.20. The van der Waals surface area contributed by atoms with Crippen LogP contribution in [0.3, 0.4) is 0 Å². The van der Waals surface area contributed by atoms with Crippen LogP contribution in [0.15, 0.2) is 18.2 Å². The largest absolute Gasteiger partial charge is 0.499 e. The molecule has 66 valence electrons. The molecule has 13 heavy (non-hydrogen) atoms. The number of hydrogen-bond acceptors (Lipinski definition) is 4. The SMILES string of the molecule is Nc1cc(C=O)c2cc(O)sc2c1. The first-order chi connectivity index (χ1) is 6.20. The zero-order valence-electron chi connectivity index (χ0n) is 6.65. The summed E-state index contributed by atoms with van der Waals surface area (Å²) in [6.07, 6.45) is 0.741. The molecule has 0 saturated carbocycles. The Hall–Kier alpha value is -1.55. The summed E-state index contributed by atoms with van der Waals surface area (Å²) in [5.74, 6) is 0. The fourth-order valence-electron chi connectivity index (χ4n) is 1.27. The Balaban J connectivity index is 2.88. The summed E-state index contributed by atoms with van der Waals surface area (Å²) >= 11 is 1.21. The third kappa shape index (κ3) is 1.25. The van der Waals surface area contributed by atoms with Crippen LogP contribution in [-0.4, -0.2) is 11.4 Å². The molecule has 0 aliphatic carbocycles. The number of nitrogens with two attached hydrogens (primary N) is 1. The number of fused-ring (bicyclic) bond motifs is 1. The quantitative estimate of drug-likeness (QED) is 0.537. The number of carbonyl (C=O) groups is 1. The minimum Gasteiger partial charge on any atom is -0.499 e. The van der Waals surface area contributed by atoms with E-state index in [-0.39, 0.29) is 5.06 Å². The standard InChI is InChI=1S/C9H7NO2S/c10-6-1-5(4-11)7-3-9(12)13-8(7)2-6/h1-4,12H,10H2. The average Bonchev–Trinajstić information content (AvgIpc) is 2.43. The summed E-state index contributed by atoms with van der Waals surface area (Å²) in [6, 6.07) is 4.91. The smallest absolute Gasteiger partial charge is 0.172 e. The molecule has 1 aromatic carbocycles. The lowest BCUT2D eigenvalue weighted by Gasteiger charge is -1.96. The average molecular weight is 193 g/mol. The van der Waals surface area contributed by atoms with Crippen molar-refractivity contribution < 1.29 is 9.90 Å². The molecule has 1 heterocycles. The molecule has 2 aromatic rings. The maximum Gasteiger partial charge on any atom is 0.172 e. The first-order valence-electron chi connectivity index (χ1n) is 3.68. The van der Waals surface area contributed by atoms with E-state index < -0.39 is 0 Å². The van der Waals surface area contributed by atoms with E-state index in [1.807, 2.05) is 0 Å². The van der Waals surface area contributed by atoms with E-state index >= 15 is 0 Å². The number of thiophene rings is 1. The normalized spacial score (nSPS) is 10.5. The molecule has 1 aromatic heterocycles. The first kappa shape index (κ1) is 8.07. The van der Waals surface area contributed by atoms with Crippen molar-refractivity contribution in [3.8, 4) is 5.06 Å². The van der Waals surface area contributed by atoms with Gasteiger partial charge in [0.25, 0.3) is 0 Å². The van der Waals surface area contributed by atoms with E-state index in [1.165, 1.54) is 11.3 Å². The fraction of sp³-hybridized carbons (Fsp3) is 0.